The molecule has 0 saturated heterocycles. The Morgan fingerprint density at radius 3 is 2.12 bits per heavy atom. The largest absolute Gasteiger partial charge is 0.506 e. The van der Waals surface area contributed by atoms with Gasteiger partial charge in [-0.1, -0.05) is 30.3 Å². The van der Waals surface area contributed by atoms with Gasteiger partial charge in [0.1, 0.15) is 29.2 Å². The summed E-state index contributed by atoms with van der Waals surface area (Å²) < 4.78 is 7.43. The molecule has 0 fully saturated rings. The van der Waals surface area contributed by atoms with Gasteiger partial charge in [-0.15, -0.1) is 0 Å². The van der Waals surface area contributed by atoms with Crippen LogP contribution in [-0.2, 0) is 0 Å². The van der Waals surface area contributed by atoms with E-state index in [0.717, 1.165) is 10.8 Å². The highest BCUT2D eigenvalue weighted by molar-refractivity contribution is 9.10. The van der Waals surface area contributed by atoms with Crippen LogP contribution < -0.4 is 5.46 Å². The van der Waals surface area contributed by atoms with Crippen LogP contribution in [0.25, 0.3) is 49.4 Å². The van der Waals surface area contributed by atoms with Gasteiger partial charge in [-0.2, -0.15) is 0 Å². The lowest BCUT2D eigenvalue weighted by atomic mass is 9.90. The average Bonchev–Trinajstić information content (AvgIpc) is 3.40. The van der Waals surface area contributed by atoms with Crippen molar-refractivity contribution in [1.29, 1.82) is 0 Å². The fourth-order valence-corrected chi connectivity index (χ4v) is 5.11. The van der Waals surface area contributed by atoms with Crippen LogP contribution >= 0.6 is 15.9 Å². The van der Waals surface area contributed by atoms with Crippen molar-refractivity contribution in [2.45, 2.75) is 0 Å². The SMILES string of the molecule is Bc1c(O)c(O)c(O)c2c3c(O)c(Br)c(O)c(O)c3n(-c3cccc4c3oc3ccccc34)c12. The minimum absolute atomic E-state index is 0.0237. The second-order valence-corrected chi connectivity index (χ2v) is 8.86. The quantitative estimate of drug-likeness (QED) is 0.110. The van der Waals surface area contributed by atoms with Crippen molar-refractivity contribution in [2.75, 3.05) is 0 Å². The van der Waals surface area contributed by atoms with E-state index in [2.05, 4.69) is 15.9 Å². The molecule has 0 amide bonds. The van der Waals surface area contributed by atoms with Gasteiger partial charge in [0.15, 0.2) is 34.3 Å². The van der Waals surface area contributed by atoms with Crippen molar-refractivity contribution < 1.29 is 35.1 Å². The lowest BCUT2D eigenvalue weighted by Gasteiger charge is -2.13. The first-order valence-electron chi connectivity index (χ1n) is 10.2. The molecule has 0 aliphatic heterocycles. The van der Waals surface area contributed by atoms with Crippen LogP contribution in [0.15, 0.2) is 51.4 Å². The second-order valence-electron chi connectivity index (χ2n) is 8.07. The van der Waals surface area contributed by atoms with Gasteiger partial charge in [0, 0.05) is 10.8 Å². The molecule has 10 heteroatoms. The summed E-state index contributed by atoms with van der Waals surface area (Å²) in [5.74, 6) is -3.68. The van der Waals surface area contributed by atoms with Gasteiger partial charge >= 0.3 is 0 Å². The summed E-state index contributed by atoms with van der Waals surface area (Å²) in [5.41, 5.74) is 1.80. The number of halogens is 1. The number of rotatable bonds is 1. The smallest absolute Gasteiger partial charge is 0.200 e. The molecule has 0 unspecified atom stereocenters. The molecule has 168 valence electrons. The third-order valence-electron chi connectivity index (χ3n) is 6.29. The number of hydrogen-bond donors (Lipinski definition) is 6. The Hall–Kier alpha value is -4.18. The Bertz CT molecular complexity index is 1780. The molecule has 2 aromatic heterocycles. The van der Waals surface area contributed by atoms with E-state index >= 15 is 0 Å². The summed E-state index contributed by atoms with van der Waals surface area (Å²) in [6.07, 6.45) is 0. The maximum absolute atomic E-state index is 11.0. The molecule has 0 aliphatic carbocycles. The standard InChI is InChI=1S/C24H15BBrNO7/c25-14-16-12(19(29)23(33)20(14)30)13-17(22(32)21(31)15(26)18(13)28)27(16)10-6-3-5-9-8-4-1-2-7-11(8)34-24(9)10/h1-7,28-33H,25H2. The summed E-state index contributed by atoms with van der Waals surface area (Å²) in [7, 11) is 1.52. The van der Waals surface area contributed by atoms with Crippen LogP contribution in [0.3, 0.4) is 0 Å². The van der Waals surface area contributed by atoms with E-state index in [9.17, 15) is 30.6 Å². The Morgan fingerprint density at radius 1 is 0.676 bits per heavy atom. The first-order chi connectivity index (χ1) is 16.2. The van der Waals surface area contributed by atoms with Gasteiger partial charge in [0.2, 0.25) is 0 Å². The molecule has 6 rings (SSSR count). The van der Waals surface area contributed by atoms with E-state index < -0.39 is 34.5 Å². The molecule has 0 bridgehead atoms. The van der Waals surface area contributed by atoms with E-state index in [0.29, 0.717) is 16.9 Å². The van der Waals surface area contributed by atoms with Crippen molar-refractivity contribution in [2.24, 2.45) is 0 Å². The van der Waals surface area contributed by atoms with Crippen LogP contribution in [0.4, 0.5) is 0 Å². The van der Waals surface area contributed by atoms with Gasteiger partial charge in [-0.05, 0) is 33.5 Å². The number of phenolic OH excluding ortho intramolecular Hbond substituents is 6. The van der Waals surface area contributed by atoms with Crippen LogP contribution in [0.1, 0.15) is 0 Å². The fourth-order valence-electron chi connectivity index (χ4n) is 4.72. The summed E-state index contributed by atoms with van der Waals surface area (Å²) in [4.78, 5) is 0. The molecule has 8 nitrogen and oxygen atoms in total. The van der Waals surface area contributed by atoms with Crippen molar-refractivity contribution in [1.82, 2.24) is 4.57 Å². The number of fused-ring (bicyclic) bond motifs is 6. The third-order valence-corrected chi connectivity index (χ3v) is 7.04. The number of hydrogen-bond acceptors (Lipinski definition) is 7. The van der Waals surface area contributed by atoms with Crippen molar-refractivity contribution in [3.05, 3.63) is 46.9 Å². The average molecular weight is 520 g/mol. The molecular formula is C24H15BBrNO7. The predicted octanol–water partition coefficient (Wildman–Crippen LogP) is 3.94. The maximum atomic E-state index is 11.0. The minimum Gasteiger partial charge on any atom is -0.506 e. The van der Waals surface area contributed by atoms with Crippen LogP contribution in [0.5, 0.6) is 34.5 Å². The number of aromatic nitrogens is 1. The number of para-hydroxylation sites is 2. The van der Waals surface area contributed by atoms with Crippen LogP contribution in [0.2, 0.25) is 0 Å². The van der Waals surface area contributed by atoms with Gasteiger partial charge in [0.05, 0.1) is 22.0 Å². The highest BCUT2D eigenvalue weighted by Gasteiger charge is 2.31. The van der Waals surface area contributed by atoms with Gasteiger partial charge in [-0.3, -0.25) is 0 Å². The molecule has 4 aromatic carbocycles. The highest BCUT2D eigenvalue weighted by Crippen LogP contribution is 2.55. The molecule has 0 radical (unpaired) electrons. The van der Waals surface area contributed by atoms with Crippen molar-refractivity contribution in [3.8, 4) is 40.2 Å². The van der Waals surface area contributed by atoms with E-state index in [1.165, 1.54) is 12.4 Å². The number of furan rings is 1. The number of aromatic hydroxyl groups is 6. The molecule has 2 heterocycles. The Labute approximate surface area is 199 Å². The summed E-state index contributed by atoms with van der Waals surface area (Å²) in [6, 6.07) is 12.8. The zero-order chi connectivity index (χ0) is 24.0. The molecular weight excluding hydrogens is 505 g/mol. The summed E-state index contributed by atoms with van der Waals surface area (Å²) in [6.45, 7) is 0. The van der Waals surface area contributed by atoms with Gasteiger partial charge < -0.3 is 39.6 Å². The lowest BCUT2D eigenvalue weighted by molar-refractivity contribution is 0.373. The monoisotopic (exact) mass is 519 g/mol. The summed E-state index contributed by atoms with van der Waals surface area (Å²) >= 11 is 3.06. The van der Waals surface area contributed by atoms with E-state index in [4.69, 9.17) is 4.42 Å². The zero-order valence-electron chi connectivity index (χ0n) is 17.5. The van der Waals surface area contributed by atoms with Gasteiger partial charge in [0.25, 0.3) is 0 Å². The van der Waals surface area contributed by atoms with Gasteiger partial charge in [-0.25, -0.2) is 0 Å². The first kappa shape index (κ1) is 20.4. The maximum Gasteiger partial charge on any atom is 0.200 e. The topological polar surface area (TPSA) is 139 Å². The van der Waals surface area contributed by atoms with Crippen LogP contribution in [0, 0.1) is 0 Å². The zero-order valence-corrected chi connectivity index (χ0v) is 19.0. The molecule has 34 heavy (non-hydrogen) atoms. The lowest BCUT2D eigenvalue weighted by Crippen LogP contribution is -2.10. The summed E-state index contributed by atoms with van der Waals surface area (Å²) in [5, 5.41) is 65.7. The molecule has 0 atom stereocenters. The Balaban J connectivity index is 1.96. The number of nitrogens with zero attached hydrogens (tertiary/aromatic N) is 1. The van der Waals surface area contributed by atoms with E-state index in [1.54, 1.807) is 12.1 Å². The first-order valence-corrected chi connectivity index (χ1v) is 11.0. The van der Waals surface area contributed by atoms with Crippen LogP contribution in [-0.4, -0.2) is 43.1 Å². The minimum atomic E-state index is -0.769. The molecule has 0 spiro atoms. The molecule has 6 N–H and O–H groups in total. The normalized spacial score (nSPS) is 11.9. The Morgan fingerprint density at radius 2 is 1.35 bits per heavy atom. The van der Waals surface area contributed by atoms with E-state index in [1.807, 2.05) is 30.3 Å². The number of phenols is 6. The Kier molecular flexibility index (Phi) is 4.01. The predicted molar refractivity (Wildman–Crippen MR) is 134 cm³/mol. The highest BCUT2D eigenvalue weighted by atomic mass is 79.9. The number of benzene rings is 4. The molecule has 0 saturated carbocycles. The van der Waals surface area contributed by atoms with Crippen molar-refractivity contribution in [3.63, 3.8) is 0 Å². The molecule has 6 aromatic rings. The fraction of sp³-hybridized carbons (Fsp3) is 0. The second kappa shape index (κ2) is 6.67. The third kappa shape index (κ3) is 2.32. The molecule has 0 aliphatic rings. The van der Waals surface area contributed by atoms with E-state index in [-0.39, 0.29) is 31.7 Å². The van der Waals surface area contributed by atoms with Crippen molar-refractivity contribution >= 4 is 73.0 Å².